The van der Waals surface area contributed by atoms with Gasteiger partial charge in [-0.25, -0.2) is 0 Å². The van der Waals surface area contributed by atoms with Crippen LogP contribution < -0.4 is 4.85 Å². The smallest absolute Gasteiger partial charge is 0.253 e. The van der Waals surface area contributed by atoms with Gasteiger partial charge in [0.25, 0.3) is 5.52 Å². The molecule has 0 unspecified atom stereocenters. The van der Waals surface area contributed by atoms with Gasteiger partial charge in [0, 0.05) is 16.2 Å². The fourth-order valence-electron chi connectivity index (χ4n) is 1.10. The highest BCUT2D eigenvalue weighted by Crippen LogP contribution is 2.17. The van der Waals surface area contributed by atoms with Gasteiger partial charge in [0.15, 0.2) is 5.15 Å². The van der Waals surface area contributed by atoms with E-state index in [9.17, 15) is 5.21 Å². The molecule has 0 radical (unpaired) electrons. The highest BCUT2D eigenvalue weighted by atomic mass is 35.5. The third-order valence-corrected chi connectivity index (χ3v) is 2.08. The molecule has 0 amide bonds. The van der Waals surface area contributed by atoms with Crippen LogP contribution in [0.5, 0.6) is 0 Å². The van der Waals surface area contributed by atoms with Crippen molar-refractivity contribution in [2.45, 2.75) is 0 Å². The van der Waals surface area contributed by atoms with E-state index in [1.165, 1.54) is 0 Å². The minimum atomic E-state index is 0.171. The molecule has 13 heavy (non-hydrogen) atoms. The molecule has 1 aromatic carbocycles. The van der Waals surface area contributed by atoms with Gasteiger partial charge in [0.2, 0.25) is 0 Å². The third kappa shape index (κ3) is 1.53. The number of aromatic nitrogens is 2. The summed E-state index contributed by atoms with van der Waals surface area (Å²) in [6.45, 7) is 0. The van der Waals surface area contributed by atoms with Crippen LogP contribution in [0.25, 0.3) is 10.9 Å². The lowest BCUT2D eigenvalue weighted by molar-refractivity contribution is -0.642. The van der Waals surface area contributed by atoms with Crippen molar-refractivity contribution in [2.24, 2.45) is 0 Å². The fraction of sp³-hybridized carbons (Fsp3) is 0. The predicted molar refractivity (Wildman–Crippen MR) is 50.7 cm³/mol. The molecule has 0 fully saturated rings. The van der Waals surface area contributed by atoms with Crippen LogP contribution in [0.3, 0.4) is 0 Å². The van der Waals surface area contributed by atoms with Crippen LogP contribution in [0.4, 0.5) is 0 Å². The summed E-state index contributed by atoms with van der Waals surface area (Å²) in [4.78, 5) is 0.462. The summed E-state index contributed by atoms with van der Waals surface area (Å²) in [7, 11) is 0. The molecular formula is C8H4Cl2N2O. The Morgan fingerprint density at radius 3 is 2.77 bits per heavy atom. The molecule has 0 aliphatic heterocycles. The van der Waals surface area contributed by atoms with E-state index in [4.69, 9.17) is 23.2 Å². The molecule has 2 rings (SSSR count). The van der Waals surface area contributed by atoms with Gasteiger partial charge in [-0.2, -0.15) is 0 Å². The van der Waals surface area contributed by atoms with E-state index in [-0.39, 0.29) is 5.15 Å². The Morgan fingerprint density at radius 2 is 2.00 bits per heavy atom. The van der Waals surface area contributed by atoms with Crippen LogP contribution >= 0.6 is 23.2 Å². The van der Waals surface area contributed by atoms with Crippen LogP contribution in [0.15, 0.2) is 24.3 Å². The van der Waals surface area contributed by atoms with Crippen molar-refractivity contribution < 1.29 is 4.85 Å². The first kappa shape index (κ1) is 8.53. The molecule has 5 heteroatoms. The maximum atomic E-state index is 11.2. The van der Waals surface area contributed by atoms with Gasteiger partial charge in [-0.05, 0) is 23.0 Å². The zero-order chi connectivity index (χ0) is 9.42. The van der Waals surface area contributed by atoms with Gasteiger partial charge in [0.05, 0.1) is 5.39 Å². The molecule has 0 saturated heterocycles. The number of benzene rings is 1. The van der Waals surface area contributed by atoms with E-state index >= 15 is 0 Å². The Hall–Kier alpha value is -1.06. The summed E-state index contributed by atoms with van der Waals surface area (Å²) in [5.41, 5.74) is 0.414. The van der Waals surface area contributed by atoms with Crippen molar-refractivity contribution >= 4 is 34.1 Å². The summed E-state index contributed by atoms with van der Waals surface area (Å²) in [6, 6.07) is 6.58. The third-order valence-electron chi connectivity index (χ3n) is 1.66. The standard InChI is InChI=1S/C8H4Cl2N2O/c9-6-2-1-5-3-8(10)11-12(13)7(5)4-6/h1-4H. The Bertz CT molecular complexity index is 473. The SMILES string of the molecule is [O-][n+]1nc(Cl)cc2ccc(Cl)cc21. The summed E-state index contributed by atoms with van der Waals surface area (Å²) in [5, 5.41) is 16.1. The van der Waals surface area contributed by atoms with E-state index in [2.05, 4.69) is 5.10 Å². The van der Waals surface area contributed by atoms with E-state index in [1.807, 2.05) is 0 Å². The second kappa shape index (κ2) is 3.01. The van der Waals surface area contributed by atoms with Gasteiger partial charge in [-0.15, -0.1) is 0 Å². The lowest BCUT2D eigenvalue weighted by Crippen LogP contribution is -2.31. The minimum absolute atomic E-state index is 0.171. The number of halogens is 2. The first-order valence-electron chi connectivity index (χ1n) is 3.52. The molecule has 1 heterocycles. The zero-order valence-electron chi connectivity index (χ0n) is 6.37. The van der Waals surface area contributed by atoms with Crippen molar-refractivity contribution in [3.63, 3.8) is 0 Å². The lowest BCUT2D eigenvalue weighted by atomic mass is 10.2. The Balaban J connectivity index is 2.87. The zero-order valence-corrected chi connectivity index (χ0v) is 7.88. The summed E-state index contributed by atoms with van der Waals surface area (Å²) in [6.07, 6.45) is 0. The average molecular weight is 215 g/mol. The molecule has 0 N–H and O–H groups in total. The van der Waals surface area contributed by atoms with Crippen LogP contribution in [-0.4, -0.2) is 5.10 Å². The highest BCUT2D eigenvalue weighted by molar-refractivity contribution is 6.31. The fourth-order valence-corrected chi connectivity index (χ4v) is 1.45. The molecule has 0 aliphatic rings. The molecule has 0 aliphatic carbocycles. The van der Waals surface area contributed by atoms with Crippen molar-refractivity contribution in [2.75, 3.05) is 0 Å². The Labute approximate surface area is 84.1 Å². The summed E-state index contributed by atoms with van der Waals surface area (Å²) in [5.74, 6) is 0. The van der Waals surface area contributed by atoms with Crippen LogP contribution in [0.2, 0.25) is 10.2 Å². The first-order valence-corrected chi connectivity index (χ1v) is 4.28. The second-order valence-corrected chi connectivity index (χ2v) is 3.37. The molecule has 2 aromatic rings. The van der Waals surface area contributed by atoms with Gasteiger partial charge < -0.3 is 5.21 Å². The van der Waals surface area contributed by atoms with Gasteiger partial charge >= 0.3 is 0 Å². The minimum Gasteiger partial charge on any atom is -0.594 e. The number of nitrogens with zero attached hydrogens (tertiary/aromatic N) is 2. The topological polar surface area (TPSA) is 39.8 Å². The number of fused-ring (bicyclic) bond motifs is 1. The molecule has 0 saturated carbocycles. The van der Waals surface area contributed by atoms with E-state index < -0.39 is 0 Å². The van der Waals surface area contributed by atoms with Crippen molar-refractivity contribution in [1.29, 1.82) is 0 Å². The maximum Gasteiger partial charge on any atom is 0.253 e. The maximum absolute atomic E-state index is 11.2. The quantitative estimate of drug-likeness (QED) is 0.499. The van der Waals surface area contributed by atoms with Crippen molar-refractivity contribution in [3.05, 3.63) is 39.6 Å². The van der Waals surface area contributed by atoms with E-state index in [0.717, 1.165) is 5.39 Å². The first-order chi connectivity index (χ1) is 6.16. The number of hydrogen-bond acceptors (Lipinski definition) is 2. The molecule has 0 bridgehead atoms. The average Bonchev–Trinajstić information content (AvgIpc) is 2.06. The molecule has 0 spiro atoms. The molecule has 1 aromatic heterocycles. The molecular weight excluding hydrogens is 211 g/mol. The monoisotopic (exact) mass is 214 g/mol. The highest BCUT2D eigenvalue weighted by Gasteiger charge is 2.07. The number of rotatable bonds is 0. The molecule has 66 valence electrons. The van der Waals surface area contributed by atoms with Crippen LogP contribution in [-0.2, 0) is 0 Å². The largest absolute Gasteiger partial charge is 0.594 e. The van der Waals surface area contributed by atoms with Crippen LogP contribution in [0, 0.1) is 5.21 Å². The van der Waals surface area contributed by atoms with Gasteiger partial charge in [-0.1, -0.05) is 23.2 Å². The summed E-state index contributed by atoms with van der Waals surface area (Å²) >= 11 is 11.3. The van der Waals surface area contributed by atoms with Crippen LogP contribution in [0.1, 0.15) is 0 Å². The molecule has 3 nitrogen and oxygen atoms in total. The van der Waals surface area contributed by atoms with Gasteiger partial charge in [0.1, 0.15) is 0 Å². The van der Waals surface area contributed by atoms with E-state index in [0.29, 0.717) is 15.4 Å². The second-order valence-electron chi connectivity index (χ2n) is 2.54. The predicted octanol–water partition coefficient (Wildman–Crippen LogP) is 2.17. The van der Waals surface area contributed by atoms with Crippen molar-refractivity contribution in [1.82, 2.24) is 5.10 Å². The normalized spacial score (nSPS) is 10.6. The lowest BCUT2D eigenvalue weighted by Gasteiger charge is -1.99. The summed E-state index contributed by atoms with van der Waals surface area (Å²) < 4.78 is 0. The number of hydrogen-bond donors (Lipinski definition) is 0. The Morgan fingerprint density at radius 1 is 1.23 bits per heavy atom. The van der Waals surface area contributed by atoms with E-state index in [1.54, 1.807) is 24.3 Å². The van der Waals surface area contributed by atoms with Crippen molar-refractivity contribution in [3.8, 4) is 0 Å². The van der Waals surface area contributed by atoms with Gasteiger partial charge in [-0.3, -0.25) is 0 Å². The molecule has 0 atom stereocenters. The Kier molecular flexibility index (Phi) is 1.98.